The van der Waals surface area contributed by atoms with Crippen LogP contribution in [0.3, 0.4) is 0 Å². The second-order valence-electron chi connectivity index (χ2n) is 3.86. The van der Waals surface area contributed by atoms with Crippen molar-refractivity contribution in [2.75, 3.05) is 13.1 Å². The molecule has 14 heavy (non-hydrogen) atoms. The van der Waals surface area contributed by atoms with E-state index in [1.165, 1.54) is 0 Å². The van der Waals surface area contributed by atoms with Crippen molar-refractivity contribution in [3.05, 3.63) is 0 Å². The summed E-state index contributed by atoms with van der Waals surface area (Å²) in [7, 11) is 0. The molecule has 3 N–H and O–H groups in total. The van der Waals surface area contributed by atoms with E-state index in [1.807, 2.05) is 0 Å². The smallest absolute Gasteiger partial charge is 0.242 e. The molecule has 0 radical (unpaired) electrons. The van der Waals surface area contributed by atoms with E-state index in [0.717, 1.165) is 19.5 Å². The lowest BCUT2D eigenvalue weighted by atomic mass is 10.2. The highest BCUT2D eigenvalue weighted by Crippen LogP contribution is 2.07. The van der Waals surface area contributed by atoms with Crippen LogP contribution in [0.25, 0.3) is 0 Å². The lowest BCUT2D eigenvalue weighted by Crippen LogP contribution is -2.46. The van der Waals surface area contributed by atoms with Gasteiger partial charge in [-0.05, 0) is 19.4 Å². The molecule has 2 fully saturated rings. The first kappa shape index (κ1) is 9.45. The van der Waals surface area contributed by atoms with Crippen LogP contribution < -0.4 is 16.0 Å². The number of hydrogen-bond donors (Lipinski definition) is 3. The minimum Gasteiger partial charge on any atom is -0.350 e. The summed E-state index contributed by atoms with van der Waals surface area (Å²) < 4.78 is 0. The van der Waals surface area contributed by atoms with Gasteiger partial charge in [0.15, 0.2) is 0 Å². The fraction of sp³-hybridized carbons (Fsp3) is 0.778. The molecule has 2 aliphatic rings. The monoisotopic (exact) mass is 197 g/mol. The minimum atomic E-state index is -0.303. The number of hydrogen-bond acceptors (Lipinski definition) is 3. The zero-order valence-electron chi connectivity index (χ0n) is 8.01. The Kier molecular flexibility index (Phi) is 2.67. The van der Waals surface area contributed by atoms with Crippen LogP contribution >= 0.6 is 0 Å². The first-order chi connectivity index (χ1) is 6.75. The van der Waals surface area contributed by atoms with Crippen molar-refractivity contribution in [2.24, 2.45) is 0 Å². The van der Waals surface area contributed by atoms with Crippen LogP contribution in [0.1, 0.15) is 19.3 Å². The molecule has 2 rings (SSSR count). The van der Waals surface area contributed by atoms with Gasteiger partial charge in [-0.2, -0.15) is 0 Å². The van der Waals surface area contributed by atoms with Gasteiger partial charge in [0.05, 0.1) is 0 Å². The lowest BCUT2D eigenvalue weighted by molar-refractivity contribution is -0.126. The van der Waals surface area contributed by atoms with E-state index in [0.29, 0.717) is 12.8 Å². The van der Waals surface area contributed by atoms with Gasteiger partial charge < -0.3 is 16.0 Å². The molecular formula is C9H15N3O2. The molecule has 0 aromatic heterocycles. The van der Waals surface area contributed by atoms with Crippen molar-refractivity contribution >= 4 is 11.8 Å². The van der Waals surface area contributed by atoms with E-state index in [9.17, 15) is 9.59 Å². The summed E-state index contributed by atoms with van der Waals surface area (Å²) in [6.07, 6.45) is 2.08. The number of amides is 2. The van der Waals surface area contributed by atoms with E-state index in [-0.39, 0.29) is 23.9 Å². The molecule has 2 amide bonds. The van der Waals surface area contributed by atoms with E-state index in [4.69, 9.17) is 0 Å². The van der Waals surface area contributed by atoms with E-state index in [2.05, 4.69) is 16.0 Å². The summed E-state index contributed by atoms with van der Waals surface area (Å²) in [6, 6.07) is -0.0666. The van der Waals surface area contributed by atoms with Gasteiger partial charge in [-0.15, -0.1) is 0 Å². The second kappa shape index (κ2) is 3.96. The molecular weight excluding hydrogens is 182 g/mol. The van der Waals surface area contributed by atoms with Gasteiger partial charge in [-0.1, -0.05) is 0 Å². The van der Waals surface area contributed by atoms with Crippen LogP contribution in [0.2, 0.25) is 0 Å². The highest BCUT2D eigenvalue weighted by Gasteiger charge is 2.28. The molecule has 0 aliphatic carbocycles. The molecule has 5 heteroatoms. The molecule has 0 aromatic rings. The Morgan fingerprint density at radius 1 is 1.43 bits per heavy atom. The Morgan fingerprint density at radius 2 is 2.29 bits per heavy atom. The van der Waals surface area contributed by atoms with Crippen molar-refractivity contribution in [1.29, 1.82) is 0 Å². The van der Waals surface area contributed by atoms with Crippen LogP contribution in [0, 0.1) is 0 Å². The summed E-state index contributed by atoms with van der Waals surface area (Å²) in [5.74, 6) is -0.0563. The van der Waals surface area contributed by atoms with Crippen molar-refractivity contribution < 1.29 is 9.59 Å². The van der Waals surface area contributed by atoms with Gasteiger partial charge in [-0.25, -0.2) is 0 Å². The Labute approximate surface area is 82.6 Å². The minimum absolute atomic E-state index is 0.0188. The summed E-state index contributed by atoms with van der Waals surface area (Å²) in [5, 5.41) is 8.76. The number of carbonyl (C=O) groups is 2. The number of rotatable bonds is 2. The molecule has 5 nitrogen and oxygen atoms in total. The predicted molar refractivity (Wildman–Crippen MR) is 50.6 cm³/mol. The third-order valence-corrected chi connectivity index (χ3v) is 2.72. The predicted octanol–water partition coefficient (Wildman–Crippen LogP) is -1.26. The van der Waals surface area contributed by atoms with E-state index in [1.54, 1.807) is 0 Å². The molecule has 2 aliphatic heterocycles. The van der Waals surface area contributed by atoms with Crippen molar-refractivity contribution in [2.45, 2.75) is 31.3 Å². The zero-order valence-corrected chi connectivity index (χ0v) is 8.01. The first-order valence-corrected chi connectivity index (χ1v) is 5.06. The maximum Gasteiger partial charge on any atom is 0.242 e. The van der Waals surface area contributed by atoms with Gasteiger partial charge in [0.25, 0.3) is 0 Å². The summed E-state index contributed by atoms with van der Waals surface area (Å²) >= 11 is 0. The summed E-state index contributed by atoms with van der Waals surface area (Å²) in [5.41, 5.74) is 0. The third kappa shape index (κ3) is 2.04. The third-order valence-electron chi connectivity index (χ3n) is 2.72. The van der Waals surface area contributed by atoms with Crippen LogP contribution in [-0.4, -0.2) is 37.0 Å². The normalized spacial score (nSPS) is 31.6. The highest BCUT2D eigenvalue weighted by molar-refractivity contribution is 5.90. The quantitative estimate of drug-likeness (QED) is 0.517. The Morgan fingerprint density at radius 3 is 2.86 bits per heavy atom. The highest BCUT2D eigenvalue weighted by atomic mass is 16.2. The average Bonchev–Trinajstić information content (AvgIpc) is 2.75. The Hall–Kier alpha value is -1.10. The van der Waals surface area contributed by atoms with E-state index < -0.39 is 0 Å². The number of nitrogens with one attached hydrogen (secondary N) is 3. The standard InChI is InChI=1S/C9H15N3O2/c13-8-2-1-7(12-8)9(14)11-6-3-4-10-5-6/h6-7,10H,1-5H2,(H,11,14)(H,12,13)/t6-,7-/m0/s1. The lowest BCUT2D eigenvalue weighted by Gasteiger charge is -2.15. The molecule has 0 saturated carbocycles. The zero-order chi connectivity index (χ0) is 9.97. The molecule has 78 valence electrons. The fourth-order valence-corrected chi connectivity index (χ4v) is 1.89. The van der Waals surface area contributed by atoms with Crippen LogP contribution in [-0.2, 0) is 9.59 Å². The maximum atomic E-state index is 11.6. The van der Waals surface area contributed by atoms with Crippen LogP contribution in [0.4, 0.5) is 0 Å². The largest absolute Gasteiger partial charge is 0.350 e. The fourth-order valence-electron chi connectivity index (χ4n) is 1.89. The molecule has 0 bridgehead atoms. The average molecular weight is 197 g/mol. The summed E-state index contributed by atoms with van der Waals surface area (Å²) in [4.78, 5) is 22.5. The second-order valence-corrected chi connectivity index (χ2v) is 3.86. The Bertz CT molecular complexity index is 248. The van der Waals surface area contributed by atoms with Gasteiger partial charge in [0.2, 0.25) is 11.8 Å². The van der Waals surface area contributed by atoms with Crippen molar-refractivity contribution in [3.8, 4) is 0 Å². The van der Waals surface area contributed by atoms with E-state index >= 15 is 0 Å². The first-order valence-electron chi connectivity index (χ1n) is 5.06. The molecule has 2 heterocycles. The van der Waals surface area contributed by atoms with Gasteiger partial charge in [0, 0.05) is 19.0 Å². The maximum absolute atomic E-state index is 11.6. The van der Waals surface area contributed by atoms with Crippen molar-refractivity contribution in [1.82, 2.24) is 16.0 Å². The molecule has 0 spiro atoms. The van der Waals surface area contributed by atoms with Crippen LogP contribution in [0.15, 0.2) is 0 Å². The van der Waals surface area contributed by atoms with Crippen LogP contribution in [0.5, 0.6) is 0 Å². The topological polar surface area (TPSA) is 70.2 Å². The molecule has 0 unspecified atom stereocenters. The SMILES string of the molecule is O=C1CC[C@@H](C(=O)N[C@H]2CCNC2)N1. The molecule has 2 atom stereocenters. The van der Waals surface area contributed by atoms with Crippen molar-refractivity contribution in [3.63, 3.8) is 0 Å². The van der Waals surface area contributed by atoms with Gasteiger partial charge in [0.1, 0.15) is 6.04 Å². The number of carbonyl (C=O) groups excluding carboxylic acids is 2. The molecule has 0 aromatic carbocycles. The van der Waals surface area contributed by atoms with Gasteiger partial charge >= 0.3 is 0 Å². The van der Waals surface area contributed by atoms with Gasteiger partial charge in [-0.3, -0.25) is 9.59 Å². The summed E-state index contributed by atoms with van der Waals surface area (Å²) in [6.45, 7) is 1.80. The Balaban J connectivity index is 1.80. The molecule has 2 saturated heterocycles.